The number of amides is 4. The Balaban J connectivity index is 1.08. The fourth-order valence-corrected chi connectivity index (χ4v) is 8.53. The fraction of sp³-hybridized carbons (Fsp3) is 0.375. The van der Waals surface area contributed by atoms with Crippen LogP contribution in [-0.4, -0.2) is 97.3 Å². The Morgan fingerprint density at radius 3 is 2.08 bits per heavy atom. The van der Waals surface area contributed by atoms with E-state index in [1.165, 1.54) is 82.4 Å². The summed E-state index contributed by atoms with van der Waals surface area (Å²) in [5.41, 5.74) is 1.91. The van der Waals surface area contributed by atoms with Crippen LogP contribution in [0.2, 0.25) is 5.02 Å². The molecule has 2 heterocycles. The van der Waals surface area contributed by atoms with Crippen LogP contribution in [0, 0.1) is 5.92 Å². The zero-order chi connectivity index (χ0) is 46.6. The van der Waals surface area contributed by atoms with Crippen LogP contribution < -0.4 is 36.4 Å². The van der Waals surface area contributed by atoms with E-state index in [-0.39, 0.29) is 67.7 Å². The highest BCUT2D eigenvalue weighted by Gasteiger charge is 2.31. The second kappa shape index (κ2) is 22.4. The number of imidazole rings is 1. The van der Waals surface area contributed by atoms with Gasteiger partial charge in [0, 0.05) is 53.8 Å². The number of likely N-dealkylation sites (tertiary alicyclic amines) is 1. The van der Waals surface area contributed by atoms with E-state index >= 15 is 0 Å². The molecule has 18 heteroatoms. The molecular weight excluding hydrogens is 866 g/mol. The lowest BCUT2D eigenvalue weighted by Crippen LogP contribution is -2.37. The first-order valence-corrected chi connectivity index (χ1v) is 22.6. The molecule has 2 fully saturated rings. The fourth-order valence-electron chi connectivity index (χ4n) is 8.29. The van der Waals surface area contributed by atoms with Crippen molar-refractivity contribution in [2.45, 2.75) is 63.8 Å². The van der Waals surface area contributed by atoms with Crippen LogP contribution in [-0.2, 0) is 4.79 Å². The average Bonchev–Trinajstić information content (AvgIpc) is 3.71. The van der Waals surface area contributed by atoms with E-state index in [2.05, 4.69) is 46.4 Å². The molecule has 346 valence electrons. The summed E-state index contributed by atoms with van der Waals surface area (Å²) in [6.45, 7) is 3.67. The molecule has 1 aromatic heterocycles. The first-order chi connectivity index (χ1) is 32.0. The molecule has 1 saturated carbocycles. The highest BCUT2D eigenvalue weighted by atomic mass is 35.5. The lowest BCUT2D eigenvalue weighted by atomic mass is 9.87. The van der Waals surface area contributed by atoms with Gasteiger partial charge in [0.05, 0.1) is 41.5 Å². The van der Waals surface area contributed by atoms with Crippen molar-refractivity contribution in [3.63, 3.8) is 0 Å². The number of nitrogens with zero attached hydrogens (tertiary/aromatic N) is 3. The lowest BCUT2D eigenvalue weighted by molar-refractivity contribution is -0.116. The number of aromatic nitrogens is 2. The minimum absolute atomic E-state index is 0.0469. The normalized spacial score (nSPS) is 15.0. The number of nitrogens with one attached hydrogen (secondary N) is 6. The van der Waals surface area contributed by atoms with Gasteiger partial charge in [-0.2, -0.15) is 10.2 Å². The zero-order valence-electron chi connectivity index (χ0n) is 37.0. The first kappa shape index (κ1) is 47.1. The van der Waals surface area contributed by atoms with Crippen LogP contribution in [0.5, 0.6) is 11.5 Å². The molecule has 1 unspecified atom stereocenters. The van der Waals surface area contributed by atoms with Gasteiger partial charge in [0.15, 0.2) is 0 Å². The summed E-state index contributed by atoms with van der Waals surface area (Å²) >= 11 is 6.30. The van der Waals surface area contributed by atoms with Crippen LogP contribution in [0.1, 0.15) is 99.2 Å². The minimum atomic E-state index is -1.75. The van der Waals surface area contributed by atoms with Crippen LogP contribution in [0.3, 0.4) is 0 Å². The van der Waals surface area contributed by atoms with E-state index in [1.54, 1.807) is 30.3 Å². The number of H-pyrrole nitrogens is 2. The van der Waals surface area contributed by atoms with Gasteiger partial charge in [0.25, 0.3) is 23.6 Å². The van der Waals surface area contributed by atoms with E-state index < -0.39 is 29.3 Å². The smallest absolute Gasteiger partial charge is 0.323 e. The Kier molecular flexibility index (Phi) is 16.0. The number of aromatic amines is 2. The Morgan fingerprint density at radius 1 is 0.712 bits per heavy atom. The SMILES string of the molecule is COc1cc(C(=O)C(/N=N/c2ccc(C(=O)Nc3cc(C(=O)NCCC4CCCCC4)cc(C(=O)NCCN4CCCCC4)c3)cc2)C(=O)Nc2ccc3[nH]c(=O)[nH]c3c2)c(OC)cc1Cl. The highest BCUT2D eigenvalue weighted by Crippen LogP contribution is 2.34. The molecule has 6 N–H and O–H groups in total. The molecule has 17 nitrogen and oxygen atoms in total. The van der Waals surface area contributed by atoms with E-state index in [9.17, 15) is 28.8 Å². The molecule has 66 heavy (non-hydrogen) atoms. The largest absolute Gasteiger partial charge is 0.496 e. The van der Waals surface area contributed by atoms with Crippen molar-refractivity contribution in [2.75, 3.05) is 57.6 Å². The molecule has 1 aliphatic carbocycles. The van der Waals surface area contributed by atoms with Gasteiger partial charge in [-0.15, -0.1) is 0 Å². The number of methoxy groups -OCH3 is 2. The maximum absolute atomic E-state index is 14.1. The van der Waals surface area contributed by atoms with Crippen LogP contribution in [0.25, 0.3) is 11.0 Å². The van der Waals surface area contributed by atoms with Crippen molar-refractivity contribution < 1.29 is 33.4 Å². The number of rotatable bonds is 18. The molecule has 1 atom stereocenters. The van der Waals surface area contributed by atoms with Crippen molar-refractivity contribution in [2.24, 2.45) is 16.1 Å². The van der Waals surface area contributed by atoms with Gasteiger partial charge in [-0.3, -0.25) is 24.0 Å². The van der Waals surface area contributed by atoms with Crippen molar-refractivity contribution >= 4 is 69.1 Å². The van der Waals surface area contributed by atoms with E-state index in [1.807, 2.05) is 0 Å². The summed E-state index contributed by atoms with van der Waals surface area (Å²) in [5, 5.41) is 20.0. The molecule has 0 bridgehead atoms. The van der Waals surface area contributed by atoms with Gasteiger partial charge < -0.3 is 45.6 Å². The standard InChI is InChI=1S/C48H54ClN9O8/c1-65-40-28-37(49)41(66-2)27-36(40)43(59)42(47(63)52-34-15-16-38-39(26-34)55-48(64)54-38)57-56-33-13-11-30(12-14-33)46(62)53-35-24-31(44(60)50-18-17-29-9-5-3-6-10-29)23-32(25-35)45(61)51-19-22-58-20-7-4-8-21-58/h11-16,23-29,42H,3-10,17-22H2,1-2H3,(H,50,60)(H,51,61)(H,52,63)(H,53,62)(H2,54,55,64)/b57-56+. The highest BCUT2D eigenvalue weighted by molar-refractivity contribution is 6.32. The van der Waals surface area contributed by atoms with Crippen molar-refractivity contribution in [3.05, 3.63) is 111 Å². The third-order valence-electron chi connectivity index (χ3n) is 11.9. The van der Waals surface area contributed by atoms with Crippen molar-refractivity contribution in [1.82, 2.24) is 25.5 Å². The third-order valence-corrected chi connectivity index (χ3v) is 12.2. The molecule has 2 aliphatic rings. The summed E-state index contributed by atoms with van der Waals surface area (Å²) in [7, 11) is 2.72. The Bertz CT molecular complexity index is 2600. The van der Waals surface area contributed by atoms with Crippen molar-refractivity contribution in [3.8, 4) is 11.5 Å². The average molecular weight is 920 g/mol. The number of halogens is 1. The summed E-state index contributed by atoms with van der Waals surface area (Å²) in [6.07, 6.45) is 10.4. The van der Waals surface area contributed by atoms with Crippen LogP contribution >= 0.6 is 11.6 Å². The van der Waals surface area contributed by atoms with Crippen LogP contribution in [0.15, 0.2) is 87.8 Å². The number of ether oxygens (including phenoxy) is 2. The molecule has 0 radical (unpaired) electrons. The predicted molar refractivity (Wildman–Crippen MR) is 252 cm³/mol. The number of carbonyl (C=O) groups is 5. The summed E-state index contributed by atoms with van der Waals surface area (Å²) in [6, 6.07) is 16.2. The van der Waals surface area contributed by atoms with Crippen LogP contribution in [0.4, 0.5) is 17.1 Å². The number of Topliss-reactive ketones (excluding diaryl/α,β-unsaturated/α-hetero) is 1. The summed E-state index contributed by atoms with van der Waals surface area (Å²) in [5.74, 6) is -2.04. The van der Waals surface area contributed by atoms with Crippen molar-refractivity contribution in [1.29, 1.82) is 0 Å². The van der Waals surface area contributed by atoms with Gasteiger partial charge in [-0.25, -0.2) is 4.79 Å². The molecule has 4 aromatic carbocycles. The molecular formula is C48H54ClN9O8. The molecule has 7 rings (SSSR count). The first-order valence-electron chi connectivity index (χ1n) is 22.2. The number of anilines is 2. The molecule has 4 amide bonds. The number of ketones is 1. The Morgan fingerprint density at radius 2 is 1.38 bits per heavy atom. The number of piperidine rings is 1. The second-order valence-electron chi connectivity index (χ2n) is 16.5. The molecule has 0 spiro atoms. The Hall–Kier alpha value is -6.85. The van der Waals surface area contributed by atoms with Gasteiger partial charge in [0.2, 0.25) is 11.8 Å². The van der Waals surface area contributed by atoms with Gasteiger partial charge in [-0.1, -0.05) is 50.1 Å². The second-order valence-corrected chi connectivity index (χ2v) is 16.9. The van der Waals surface area contributed by atoms with E-state index in [0.717, 1.165) is 51.7 Å². The quantitative estimate of drug-likeness (QED) is 0.0287. The minimum Gasteiger partial charge on any atom is -0.496 e. The summed E-state index contributed by atoms with van der Waals surface area (Å²) in [4.78, 5) is 87.9. The number of fused-ring (bicyclic) bond motifs is 1. The number of hydrogen-bond donors (Lipinski definition) is 6. The van der Waals surface area contributed by atoms with E-state index in [0.29, 0.717) is 30.0 Å². The number of benzene rings is 4. The maximum Gasteiger partial charge on any atom is 0.323 e. The Labute approximate surface area is 386 Å². The third kappa shape index (κ3) is 12.3. The van der Waals surface area contributed by atoms with Gasteiger partial charge in [0.1, 0.15) is 11.5 Å². The molecule has 5 aromatic rings. The van der Waals surface area contributed by atoms with Gasteiger partial charge >= 0.3 is 5.69 Å². The lowest BCUT2D eigenvalue weighted by Gasteiger charge is -2.26. The number of azo groups is 1. The number of hydrogen-bond acceptors (Lipinski definition) is 11. The summed E-state index contributed by atoms with van der Waals surface area (Å²) < 4.78 is 10.7. The molecule has 1 aliphatic heterocycles. The van der Waals surface area contributed by atoms with Gasteiger partial charge in [-0.05, 0) is 105 Å². The topological polar surface area (TPSA) is 229 Å². The predicted octanol–water partition coefficient (Wildman–Crippen LogP) is 7.67. The maximum atomic E-state index is 14.1. The molecule has 1 saturated heterocycles. The zero-order valence-corrected chi connectivity index (χ0v) is 37.7. The number of carbonyl (C=O) groups excluding carboxylic acids is 5. The van der Waals surface area contributed by atoms with E-state index in [4.69, 9.17) is 21.1 Å². The monoisotopic (exact) mass is 919 g/mol.